The minimum absolute atomic E-state index is 0.310. The fourth-order valence-electron chi connectivity index (χ4n) is 2.10. The Morgan fingerprint density at radius 1 is 1.20 bits per heavy atom. The summed E-state index contributed by atoms with van der Waals surface area (Å²) in [6.45, 7) is 0. The second-order valence-electron chi connectivity index (χ2n) is 4.28. The third-order valence-electron chi connectivity index (χ3n) is 2.98. The molecule has 0 atom stereocenters. The highest BCUT2D eigenvalue weighted by Gasteiger charge is 2.14. The van der Waals surface area contributed by atoms with E-state index in [1.54, 1.807) is 41.1 Å². The normalized spacial score (nSPS) is 11.4. The molecule has 0 radical (unpaired) electrons. The van der Waals surface area contributed by atoms with Crippen LogP contribution >= 0.6 is 11.6 Å². The highest BCUT2D eigenvalue weighted by molar-refractivity contribution is 6.31. The Balaban J connectivity index is 2.12. The molecule has 0 fully saturated rings. The SMILES string of the molecule is Nc1nc2ccc(Cl)cc2n2nc(-c3ccco3)nc12. The monoisotopic (exact) mass is 285 g/mol. The zero-order valence-corrected chi connectivity index (χ0v) is 10.9. The molecule has 0 bridgehead atoms. The summed E-state index contributed by atoms with van der Waals surface area (Å²) < 4.78 is 6.93. The highest BCUT2D eigenvalue weighted by atomic mass is 35.5. The van der Waals surface area contributed by atoms with Gasteiger partial charge in [-0.05, 0) is 30.3 Å². The lowest BCUT2D eigenvalue weighted by Crippen LogP contribution is -1.99. The number of fused-ring (bicyclic) bond motifs is 3. The molecule has 4 rings (SSSR count). The smallest absolute Gasteiger partial charge is 0.218 e. The van der Waals surface area contributed by atoms with E-state index in [1.165, 1.54) is 0 Å². The zero-order valence-electron chi connectivity index (χ0n) is 10.1. The van der Waals surface area contributed by atoms with E-state index in [2.05, 4.69) is 15.1 Å². The number of halogens is 1. The van der Waals surface area contributed by atoms with Crippen LogP contribution in [0.25, 0.3) is 28.3 Å². The van der Waals surface area contributed by atoms with Crippen LogP contribution in [-0.2, 0) is 0 Å². The van der Waals surface area contributed by atoms with Gasteiger partial charge in [0.25, 0.3) is 0 Å². The van der Waals surface area contributed by atoms with E-state index >= 15 is 0 Å². The lowest BCUT2D eigenvalue weighted by atomic mass is 10.3. The molecular weight excluding hydrogens is 278 g/mol. The molecule has 6 nitrogen and oxygen atoms in total. The van der Waals surface area contributed by atoms with E-state index in [-0.39, 0.29) is 0 Å². The van der Waals surface area contributed by atoms with Crippen molar-refractivity contribution in [3.05, 3.63) is 41.6 Å². The molecule has 0 aliphatic rings. The molecule has 20 heavy (non-hydrogen) atoms. The van der Waals surface area contributed by atoms with Crippen LogP contribution in [0.4, 0.5) is 5.82 Å². The molecule has 1 aromatic carbocycles. The maximum Gasteiger partial charge on any atom is 0.218 e. The van der Waals surface area contributed by atoms with Gasteiger partial charge < -0.3 is 10.2 Å². The first-order valence-corrected chi connectivity index (χ1v) is 6.25. The second-order valence-corrected chi connectivity index (χ2v) is 4.71. The van der Waals surface area contributed by atoms with E-state index in [9.17, 15) is 0 Å². The summed E-state index contributed by atoms with van der Waals surface area (Å²) in [5.41, 5.74) is 7.85. The van der Waals surface area contributed by atoms with Crippen LogP contribution in [0.3, 0.4) is 0 Å². The maximum absolute atomic E-state index is 6.03. The van der Waals surface area contributed by atoms with Gasteiger partial charge in [0.2, 0.25) is 5.82 Å². The van der Waals surface area contributed by atoms with Crippen molar-refractivity contribution in [2.24, 2.45) is 0 Å². The van der Waals surface area contributed by atoms with Gasteiger partial charge in [-0.25, -0.2) is 14.5 Å². The standard InChI is InChI=1S/C13H8ClN5O/c14-7-3-4-8-9(6-7)19-13(11(15)16-8)17-12(18-19)10-2-1-5-20-10/h1-6H,(H2,15,16). The predicted octanol–water partition coefficient (Wildman–Crippen LogP) is 2.77. The zero-order chi connectivity index (χ0) is 13.7. The number of rotatable bonds is 1. The minimum Gasteiger partial charge on any atom is -0.461 e. The van der Waals surface area contributed by atoms with Crippen molar-refractivity contribution in [1.82, 2.24) is 19.6 Å². The average Bonchev–Trinajstić information content (AvgIpc) is 3.08. The molecular formula is C13H8ClN5O. The van der Waals surface area contributed by atoms with Crippen LogP contribution in [0.2, 0.25) is 5.02 Å². The molecule has 98 valence electrons. The van der Waals surface area contributed by atoms with E-state index in [1.807, 2.05) is 0 Å². The van der Waals surface area contributed by atoms with Crippen molar-refractivity contribution in [3.8, 4) is 11.6 Å². The van der Waals surface area contributed by atoms with Gasteiger partial charge in [-0.3, -0.25) is 0 Å². The summed E-state index contributed by atoms with van der Waals surface area (Å²) >= 11 is 6.03. The third kappa shape index (κ3) is 1.55. The first kappa shape index (κ1) is 11.2. The molecule has 4 aromatic rings. The summed E-state index contributed by atoms with van der Waals surface area (Å²) in [4.78, 5) is 8.67. The average molecular weight is 286 g/mol. The summed E-state index contributed by atoms with van der Waals surface area (Å²) in [6, 6.07) is 8.89. The predicted molar refractivity (Wildman–Crippen MR) is 75.4 cm³/mol. The number of furan rings is 1. The summed E-state index contributed by atoms with van der Waals surface area (Å²) in [6.07, 6.45) is 1.57. The van der Waals surface area contributed by atoms with Crippen LogP contribution < -0.4 is 5.73 Å². The number of aromatic nitrogens is 4. The summed E-state index contributed by atoms with van der Waals surface area (Å²) in [5, 5.41) is 5.02. The van der Waals surface area contributed by atoms with Gasteiger partial charge in [0.05, 0.1) is 17.3 Å². The van der Waals surface area contributed by atoms with Crippen LogP contribution in [0.5, 0.6) is 0 Å². The first-order chi connectivity index (χ1) is 9.72. The molecule has 3 aromatic heterocycles. The van der Waals surface area contributed by atoms with Gasteiger partial charge >= 0.3 is 0 Å². The van der Waals surface area contributed by atoms with Crippen LogP contribution in [0.1, 0.15) is 0 Å². The Kier molecular flexibility index (Phi) is 2.22. The minimum atomic E-state index is 0.310. The topological polar surface area (TPSA) is 82.2 Å². The number of nitrogens with two attached hydrogens (primary N) is 1. The Hall–Kier alpha value is -2.60. The Morgan fingerprint density at radius 2 is 2.10 bits per heavy atom. The Morgan fingerprint density at radius 3 is 2.90 bits per heavy atom. The van der Waals surface area contributed by atoms with Crippen molar-refractivity contribution >= 4 is 34.1 Å². The molecule has 2 N–H and O–H groups in total. The van der Waals surface area contributed by atoms with E-state index in [0.29, 0.717) is 33.6 Å². The molecule has 3 heterocycles. The molecule has 0 aliphatic carbocycles. The number of nitrogens with zero attached hydrogens (tertiary/aromatic N) is 4. The van der Waals surface area contributed by atoms with E-state index in [4.69, 9.17) is 21.8 Å². The molecule has 0 saturated heterocycles. The first-order valence-electron chi connectivity index (χ1n) is 5.88. The van der Waals surface area contributed by atoms with Gasteiger partial charge in [-0.15, -0.1) is 5.10 Å². The number of nitrogen functional groups attached to an aromatic ring is 1. The third-order valence-corrected chi connectivity index (χ3v) is 3.22. The van der Waals surface area contributed by atoms with Gasteiger partial charge in [0.15, 0.2) is 17.2 Å². The Labute approximate surface area is 117 Å². The molecule has 7 heteroatoms. The molecule has 0 amide bonds. The van der Waals surface area contributed by atoms with Crippen molar-refractivity contribution in [3.63, 3.8) is 0 Å². The van der Waals surface area contributed by atoms with E-state index in [0.717, 1.165) is 5.52 Å². The molecule has 0 unspecified atom stereocenters. The fourth-order valence-corrected chi connectivity index (χ4v) is 2.26. The van der Waals surface area contributed by atoms with Crippen LogP contribution in [-0.4, -0.2) is 19.6 Å². The largest absolute Gasteiger partial charge is 0.461 e. The number of anilines is 1. The summed E-state index contributed by atoms with van der Waals surface area (Å²) in [5.74, 6) is 1.34. The van der Waals surface area contributed by atoms with Crippen molar-refractivity contribution < 1.29 is 4.42 Å². The Bertz CT molecular complexity index is 929. The van der Waals surface area contributed by atoms with E-state index < -0.39 is 0 Å². The van der Waals surface area contributed by atoms with Gasteiger partial charge in [-0.1, -0.05) is 11.6 Å². The van der Waals surface area contributed by atoms with Crippen molar-refractivity contribution in [1.29, 1.82) is 0 Å². The van der Waals surface area contributed by atoms with Crippen molar-refractivity contribution in [2.75, 3.05) is 5.73 Å². The van der Waals surface area contributed by atoms with Crippen LogP contribution in [0.15, 0.2) is 41.0 Å². The molecule has 0 saturated carbocycles. The lowest BCUT2D eigenvalue weighted by molar-refractivity contribution is 0.577. The molecule has 0 aliphatic heterocycles. The van der Waals surface area contributed by atoms with Gasteiger partial charge in [0.1, 0.15) is 0 Å². The van der Waals surface area contributed by atoms with Crippen molar-refractivity contribution in [2.45, 2.75) is 0 Å². The number of benzene rings is 1. The maximum atomic E-state index is 6.03. The molecule has 0 spiro atoms. The second kappa shape index (κ2) is 3.94. The van der Waals surface area contributed by atoms with Gasteiger partial charge in [-0.2, -0.15) is 0 Å². The van der Waals surface area contributed by atoms with Gasteiger partial charge in [0, 0.05) is 5.02 Å². The number of hydrogen-bond acceptors (Lipinski definition) is 5. The van der Waals surface area contributed by atoms with Crippen LogP contribution in [0, 0.1) is 0 Å². The summed E-state index contributed by atoms with van der Waals surface area (Å²) in [7, 11) is 0. The fraction of sp³-hybridized carbons (Fsp3) is 0. The highest BCUT2D eigenvalue weighted by Crippen LogP contribution is 2.24. The lowest BCUT2D eigenvalue weighted by Gasteiger charge is -2.02. The quantitative estimate of drug-likeness (QED) is 0.581. The number of hydrogen-bond donors (Lipinski definition) is 1.